The summed E-state index contributed by atoms with van der Waals surface area (Å²) < 4.78 is 51.6. The highest BCUT2D eigenvalue weighted by Gasteiger charge is 2.54. The Balaban J connectivity index is 1.34. The van der Waals surface area contributed by atoms with Crippen LogP contribution in [0.25, 0.3) is 0 Å². The minimum Gasteiger partial charge on any atom is -0.394 e. The standard InChI is InChI=1S/C34H58N2O24/c1-9-19(43)25(49)29(60-32-18(36-11(3)41)24(48)21(45)15(7-39)57-32)33(53-9)52-8-16-22(46)28(26(50)30(51)55-16)59-34-27(13(42)4-12(5-37)54-34)58-31-17(35-10(2)40)23(47)20(44)14(6-38)56-31/h9,12-34,37-39,42-51H,4-8H2,1-3H3,(H,35,40)(H,36,41)/t9-,12+,13+,14-,15-,16-,17-,18-,19-,20-,21-,22-,23-,24-,25+,26+,27+,28+,29+,30-,31+,32+,33+,34-/m1/s1. The number of amides is 2. The molecule has 348 valence electrons. The molecule has 5 fully saturated rings. The Labute approximate surface area is 342 Å². The first kappa shape index (κ1) is 49.1. The number of aliphatic hydroxyl groups excluding tert-OH is 13. The number of hydrogen-bond donors (Lipinski definition) is 15. The maximum Gasteiger partial charge on any atom is 0.217 e. The Morgan fingerprint density at radius 3 is 1.55 bits per heavy atom. The molecule has 26 nitrogen and oxygen atoms in total. The summed E-state index contributed by atoms with van der Waals surface area (Å²) in [5.74, 6) is -1.37. The van der Waals surface area contributed by atoms with E-state index in [2.05, 4.69) is 10.6 Å². The van der Waals surface area contributed by atoms with Gasteiger partial charge in [0.25, 0.3) is 0 Å². The van der Waals surface area contributed by atoms with Crippen molar-refractivity contribution in [3.8, 4) is 0 Å². The van der Waals surface area contributed by atoms with Crippen LogP contribution in [0.1, 0.15) is 27.2 Å². The van der Waals surface area contributed by atoms with E-state index in [-0.39, 0.29) is 6.42 Å². The van der Waals surface area contributed by atoms with E-state index in [9.17, 15) is 76.0 Å². The highest BCUT2D eigenvalue weighted by atomic mass is 16.8. The fourth-order valence-electron chi connectivity index (χ4n) is 7.61. The zero-order chi connectivity index (χ0) is 44.3. The van der Waals surface area contributed by atoms with Gasteiger partial charge in [0, 0.05) is 20.3 Å². The summed E-state index contributed by atoms with van der Waals surface area (Å²) in [6, 6.07) is -2.95. The summed E-state index contributed by atoms with van der Waals surface area (Å²) >= 11 is 0. The van der Waals surface area contributed by atoms with Gasteiger partial charge in [-0.25, -0.2) is 0 Å². The fraction of sp³-hybridized carbons (Fsp3) is 0.941. The Morgan fingerprint density at radius 1 is 0.533 bits per heavy atom. The second kappa shape index (κ2) is 21.2. The van der Waals surface area contributed by atoms with Gasteiger partial charge in [-0.3, -0.25) is 9.59 Å². The lowest BCUT2D eigenvalue weighted by atomic mass is 9.95. The maximum absolute atomic E-state index is 12.0. The van der Waals surface area contributed by atoms with Crippen LogP contribution in [0.3, 0.4) is 0 Å². The van der Waals surface area contributed by atoms with E-state index in [0.717, 1.165) is 13.8 Å². The zero-order valence-electron chi connectivity index (χ0n) is 32.7. The van der Waals surface area contributed by atoms with Gasteiger partial charge in [0.15, 0.2) is 31.5 Å². The minimum absolute atomic E-state index is 0.271. The summed E-state index contributed by atoms with van der Waals surface area (Å²) in [7, 11) is 0. The minimum atomic E-state index is -2.09. The van der Waals surface area contributed by atoms with Crippen molar-refractivity contribution in [2.45, 2.75) is 174 Å². The molecule has 24 atom stereocenters. The van der Waals surface area contributed by atoms with Crippen molar-refractivity contribution in [2.75, 3.05) is 26.4 Å². The number of carbonyl (C=O) groups is 2. The van der Waals surface area contributed by atoms with Gasteiger partial charge in [-0.05, 0) is 6.92 Å². The average Bonchev–Trinajstić information content (AvgIpc) is 3.20. The second-order valence-electron chi connectivity index (χ2n) is 15.4. The first-order valence-electron chi connectivity index (χ1n) is 19.3. The lowest BCUT2D eigenvalue weighted by molar-refractivity contribution is -0.376. The molecule has 0 saturated carbocycles. The van der Waals surface area contributed by atoms with Gasteiger partial charge in [-0.1, -0.05) is 0 Å². The molecule has 0 bridgehead atoms. The van der Waals surface area contributed by atoms with Gasteiger partial charge in [0.1, 0.15) is 97.5 Å². The topological polar surface area (TPSA) is 404 Å². The smallest absolute Gasteiger partial charge is 0.217 e. The van der Waals surface area contributed by atoms with Crippen molar-refractivity contribution < 1.29 is 119 Å². The van der Waals surface area contributed by atoms with Crippen LogP contribution in [0.4, 0.5) is 0 Å². The number of ether oxygens (including phenoxy) is 9. The Hall–Kier alpha value is -1.94. The molecular weight excluding hydrogens is 820 g/mol. The lowest BCUT2D eigenvalue weighted by Gasteiger charge is -2.48. The molecule has 5 heterocycles. The summed E-state index contributed by atoms with van der Waals surface area (Å²) in [5.41, 5.74) is 0. The molecule has 5 saturated heterocycles. The van der Waals surface area contributed by atoms with Crippen molar-refractivity contribution in [3.63, 3.8) is 0 Å². The average molecular weight is 879 g/mol. The van der Waals surface area contributed by atoms with Gasteiger partial charge in [0.05, 0.1) is 44.7 Å². The number of rotatable bonds is 14. The van der Waals surface area contributed by atoms with Crippen molar-refractivity contribution in [3.05, 3.63) is 0 Å². The van der Waals surface area contributed by atoms with Gasteiger partial charge >= 0.3 is 0 Å². The molecule has 5 rings (SSSR count). The molecule has 0 aromatic heterocycles. The Bertz CT molecular complexity index is 1390. The SMILES string of the molecule is CC(=O)N[C@H]1[C@H](O[C@@H]2[C@@H](OC[C@H]3O[C@@H](O)[C@@H](O)[C@@H](O[C@H]4O[C@H](CO)C[C@H](O)[C@@H]4O[C@@H]4O[C@H](CO)[C@@H](O)[C@H](O)[C@H]4NC(C)=O)[C@@H]3O)O[C@H](C)[C@@H](O)[C@@H]2O)O[C@H](CO)[C@@H](O)[C@@H]1O. The van der Waals surface area contributed by atoms with Crippen LogP contribution in [0.2, 0.25) is 0 Å². The summed E-state index contributed by atoms with van der Waals surface area (Å²) in [6.45, 7) is 0.569. The third kappa shape index (κ3) is 10.9. The van der Waals surface area contributed by atoms with Crippen molar-refractivity contribution in [1.82, 2.24) is 10.6 Å². The molecule has 26 heteroatoms. The Morgan fingerprint density at radius 2 is 1.05 bits per heavy atom. The third-order valence-corrected chi connectivity index (χ3v) is 10.9. The molecule has 0 aliphatic carbocycles. The molecule has 0 radical (unpaired) electrons. The maximum atomic E-state index is 12.0. The molecule has 0 aromatic carbocycles. The van der Waals surface area contributed by atoms with E-state index >= 15 is 0 Å². The van der Waals surface area contributed by atoms with Crippen LogP contribution >= 0.6 is 0 Å². The molecule has 0 spiro atoms. The number of nitrogens with one attached hydrogen (secondary N) is 2. The van der Waals surface area contributed by atoms with E-state index in [0.29, 0.717) is 0 Å². The van der Waals surface area contributed by atoms with Crippen LogP contribution in [-0.2, 0) is 52.2 Å². The number of aliphatic hydroxyl groups is 13. The van der Waals surface area contributed by atoms with Crippen LogP contribution in [0, 0.1) is 0 Å². The summed E-state index contributed by atoms with van der Waals surface area (Å²) in [6.07, 6.45) is -36.9. The molecule has 5 aliphatic heterocycles. The summed E-state index contributed by atoms with van der Waals surface area (Å²) in [5, 5.41) is 142. The van der Waals surface area contributed by atoms with Crippen LogP contribution in [0.5, 0.6) is 0 Å². The fourth-order valence-corrected chi connectivity index (χ4v) is 7.61. The highest BCUT2D eigenvalue weighted by molar-refractivity contribution is 5.73. The van der Waals surface area contributed by atoms with E-state index in [1.54, 1.807) is 0 Å². The van der Waals surface area contributed by atoms with Gasteiger partial charge in [-0.2, -0.15) is 0 Å². The van der Waals surface area contributed by atoms with E-state index in [1.165, 1.54) is 6.92 Å². The molecule has 5 aliphatic rings. The Kier molecular flexibility index (Phi) is 17.3. The van der Waals surface area contributed by atoms with Crippen LogP contribution in [0.15, 0.2) is 0 Å². The van der Waals surface area contributed by atoms with Gasteiger partial charge in [-0.15, -0.1) is 0 Å². The third-order valence-electron chi connectivity index (χ3n) is 10.9. The number of carbonyl (C=O) groups excluding carboxylic acids is 2. The van der Waals surface area contributed by atoms with Crippen LogP contribution < -0.4 is 10.6 Å². The van der Waals surface area contributed by atoms with Crippen molar-refractivity contribution >= 4 is 11.8 Å². The molecule has 2 amide bonds. The van der Waals surface area contributed by atoms with Gasteiger partial charge in [0.2, 0.25) is 11.8 Å². The molecule has 60 heavy (non-hydrogen) atoms. The largest absolute Gasteiger partial charge is 0.394 e. The molecular formula is C34H58N2O24. The molecule has 0 aromatic rings. The van der Waals surface area contributed by atoms with E-state index < -0.39 is 186 Å². The molecule has 15 N–H and O–H groups in total. The van der Waals surface area contributed by atoms with Crippen molar-refractivity contribution in [2.24, 2.45) is 0 Å². The summed E-state index contributed by atoms with van der Waals surface area (Å²) in [4.78, 5) is 23.9. The first-order chi connectivity index (χ1) is 28.3. The second-order valence-corrected chi connectivity index (χ2v) is 15.4. The zero-order valence-corrected chi connectivity index (χ0v) is 32.7. The molecule has 0 unspecified atom stereocenters. The first-order valence-corrected chi connectivity index (χ1v) is 19.3. The lowest BCUT2D eigenvalue weighted by Crippen LogP contribution is -2.67. The number of hydrogen-bond acceptors (Lipinski definition) is 24. The van der Waals surface area contributed by atoms with E-state index in [1.807, 2.05) is 0 Å². The predicted molar refractivity (Wildman–Crippen MR) is 187 cm³/mol. The predicted octanol–water partition coefficient (Wildman–Crippen LogP) is -9.58. The van der Waals surface area contributed by atoms with Crippen molar-refractivity contribution in [1.29, 1.82) is 0 Å². The van der Waals surface area contributed by atoms with Gasteiger partial charge < -0.3 is 120 Å². The monoisotopic (exact) mass is 878 g/mol. The highest BCUT2D eigenvalue weighted by Crippen LogP contribution is 2.34. The van der Waals surface area contributed by atoms with Crippen LogP contribution in [-0.4, -0.2) is 252 Å². The van der Waals surface area contributed by atoms with E-state index in [4.69, 9.17) is 42.6 Å². The normalized spacial score (nSPS) is 48.9. The quantitative estimate of drug-likeness (QED) is 0.0770.